The average Bonchev–Trinajstić information content (AvgIpc) is 3.34. The van der Waals surface area contributed by atoms with Crippen LogP contribution in [-0.4, -0.2) is 50.9 Å². The van der Waals surface area contributed by atoms with Crippen molar-refractivity contribution in [3.05, 3.63) is 36.2 Å². The maximum atomic E-state index is 6.20. The summed E-state index contributed by atoms with van der Waals surface area (Å²) in [5.41, 5.74) is 2.55. The summed E-state index contributed by atoms with van der Waals surface area (Å²) >= 11 is 0. The first kappa shape index (κ1) is 16.8. The molecule has 0 spiro atoms. The Morgan fingerprint density at radius 1 is 1.28 bits per heavy atom. The van der Waals surface area contributed by atoms with Gasteiger partial charge in [0, 0.05) is 49.6 Å². The second-order valence-electron chi connectivity index (χ2n) is 7.35. The third-order valence-electron chi connectivity index (χ3n) is 5.82. The molecule has 0 amide bonds. The van der Waals surface area contributed by atoms with E-state index in [9.17, 15) is 0 Å². The van der Waals surface area contributed by atoms with Crippen molar-refractivity contribution in [2.24, 2.45) is 5.92 Å². The molecule has 136 valence electrons. The van der Waals surface area contributed by atoms with E-state index in [-0.39, 0.29) is 6.10 Å². The van der Waals surface area contributed by atoms with Crippen LogP contribution in [0.1, 0.15) is 56.0 Å². The molecule has 0 aliphatic carbocycles. The Hall–Kier alpha value is -1.66. The summed E-state index contributed by atoms with van der Waals surface area (Å²) < 4.78 is 8.29. The number of likely N-dealkylation sites (tertiary alicyclic amines) is 1. The van der Waals surface area contributed by atoms with Gasteiger partial charge in [-0.15, -0.1) is 0 Å². The van der Waals surface area contributed by atoms with E-state index < -0.39 is 0 Å². The van der Waals surface area contributed by atoms with Crippen molar-refractivity contribution in [1.29, 1.82) is 0 Å². The van der Waals surface area contributed by atoms with Gasteiger partial charge < -0.3 is 14.6 Å². The smallest absolute Gasteiger partial charge is 0.103 e. The Morgan fingerprint density at radius 3 is 2.92 bits per heavy atom. The molecule has 2 aromatic heterocycles. The summed E-state index contributed by atoms with van der Waals surface area (Å²) in [6.45, 7) is 7.40. The van der Waals surface area contributed by atoms with Gasteiger partial charge in [0.1, 0.15) is 6.10 Å². The highest BCUT2D eigenvalue weighted by Crippen LogP contribution is 2.35. The number of aromatic nitrogens is 4. The van der Waals surface area contributed by atoms with Crippen molar-refractivity contribution in [1.82, 2.24) is 24.6 Å². The Kier molecular flexibility index (Phi) is 5.17. The Morgan fingerprint density at radius 2 is 2.16 bits per heavy atom. The molecule has 2 fully saturated rings. The van der Waals surface area contributed by atoms with Gasteiger partial charge in [0.2, 0.25) is 0 Å². The number of nitrogens with one attached hydrogen (secondary N) is 1. The number of rotatable bonds is 5. The van der Waals surface area contributed by atoms with Crippen LogP contribution in [0, 0.1) is 5.92 Å². The first-order valence-corrected chi connectivity index (χ1v) is 9.69. The number of piperidine rings is 1. The van der Waals surface area contributed by atoms with Gasteiger partial charge in [0.05, 0.1) is 12.0 Å². The minimum atomic E-state index is 0.196. The maximum Gasteiger partial charge on any atom is 0.103 e. The van der Waals surface area contributed by atoms with E-state index in [0.717, 1.165) is 19.7 Å². The lowest BCUT2D eigenvalue weighted by Gasteiger charge is -2.38. The molecule has 25 heavy (non-hydrogen) atoms. The molecule has 2 saturated heterocycles. The molecular weight excluding hydrogens is 314 g/mol. The van der Waals surface area contributed by atoms with Gasteiger partial charge in [-0.25, -0.2) is 4.98 Å². The lowest BCUT2D eigenvalue weighted by Crippen LogP contribution is -2.40. The maximum absolute atomic E-state index is 6.20. The van der Waals surface area contributed by atoms with E-state index >= 15 is 0 Å². The van der Waals surface area contributed by atoms with Crippen LogP contribution in [0.3, 0.4) is 0 Å². The number of H-pyrrole nitrogens is 1. The van der Waals surface area contributed by atoms with E-state index in [0.29, 0.717) is 11.8 Å². The molecule has 6 nitrogen and oxygen atoms in total. The van der Waals surface area contributed by atoms with Crippen molar-refractivity contribution in [2.45, 2.75) is 51.2 Å². The molecule has 4 rings (SSSR count). The molecule has 1 N–H and O–H groups in total. The monoisotopic (exact) mass is 343 g/mol. The highest BCUT2D eigenvalue weighted by molar-refractivity contribution is 5.08. The Bertz CT molecular complexity index is 645. The second kappa shape index (κ2) is 7.70. The highest BCUT2D eigenvalue weighted by atomic mass is 16.5. The van der Waals surface area contributed by atoms with E-state index in [1.165, 1.54) is 50.2 Å². The quantitative estimate of drug-likeness (QED) is 0.907. The van der Waals surface area contributed by atoms with Crippen molar-refractivity contribution >= 4 is 0 Å². The average molecular weight is 343 g/mol. The number of ether oxygens (including phenoxy) is 1. The molecular formula is C19H29N5O. The standard InChI is InChI=1S/C19H29N5O/c1-2-24-18(5-8-22-24)19-16(4-3-11-25-19)13-23-9-6-15(7-10-23)17-12-20-14-21-17/h5,8,12,14-16,19H,2-4,6-7,9-11,13H2,1H3,(H,20,21)/t16-,19+/m0/s1. The fourth-order valence-electron chi connectivity index (χ4n) is 4.45. The molecule has 0 bridgehead atoms. The minimum absolute atomic E-state index is 0.196. The van der Waals surface area contributed by atoms with Gasteiger partial charge >= 0.3 is 0 Å². The van der Waals surface area contributed by atoms with E-state index in [2.05, 4.69) is 37.6 Å². The van der Waals surface area contributed by atoms with Crippen LogP contribution in [0.15, 0.2) is 24.8 Å². The van der Waals surface area contributed by atoms with Crippen molar-refractivity contribution in [3.8, 4) is 0 Å². The third kappa shape index (κ3) is 3.65. The number of hydrogen-bond acceptors (Lipinski definition) is 4. The zero-order valence-corrected chi connectivity index (χ0v) is 15.1. The summed E-state index contributed by atoms with van der Waals surface area (Å²) in [5, 5.41) is 4.44. The van der Waals surface area contributed by atoms with Crippen LogP contribution < -0.4 is 0 Å². The SMILES string of the molecule is CCn1nccc1[C@@H]1OCCC[C@H]1CN1CCC(c2cnc[nH]2)CC1. The van der Waals surface area contributed by atoms with Crippen LogP contribution in [0.4, 0.5) is 0 Å². The molecule has 4 heterocycles. The molecule has 2 aliphatic heterocycles. The number of imidazole rings is 1. The van der Waals surface area contributed by atoms with Crippen LogP contribution in [-0.2, 0) is 11.3 Å². The van der Waals surface area contributed by atoms with Gasteiger partial charge in [-0.2, -0.15) is 5.10 Å². The van der Waals surface area contributed by atoms with Crippen LogP contribution in [0.25, 0.3) is 0 Å². The van der Waals surface area contributed by atoms with E-state index in [1.54, 1.807) is 6.33 Å². The summed E-state index contributed by atoms with van der Waals surface area (Å²) in [5.74, 6) is 1.21. The summed E-state index contributed by atoms with van der Waals surface area (Å²) in [7, 11) is 0. The first-order valence-electron chi connectivity index (χ1n) is 9.69. The third-order valence-corrected chi connectivity index (χ3v) is 5.82. The van der Waals surface area contributed by atoms with Gasteiger partial charge in [-0.1, -0.05) is 0 Å². The fourth-order valence-corrected chi connectivity index (χ4v) is 4.45. The van der Waals surface area contributed by atoms with Crippen molar-refractivity contribution in [2.75, 3.05) is 26.2 Å². The van der Waals surface area contributed by atoms with Crippen LogP contribution >= 0.6 is 0 Å². The van der Waals surface area contributed by atoms with Gasteiger partial charge in [-0.3, -0.25) is 4.68 Å². The second-order valence-corrected chi connectivity index (χ2v) is 7.35. The number of nitrogens with zero attached hydrogens (tertiary/aromatic N) is 4. The number of aromatic amines is 1. The summed E-state index contributed by atoms with van der Waals surface area (Å²) in [6, 6.07) is 2.14. The topological polar surface area (TPSA) is 59.0 Å². The van der Waals surface area contributed by atoms with Gasteiger partial charge in [0.15, 0.2) is 0 Å². The zero-order chi connectivity index (χ0) is 17.1. The molecule has 6 heteroatoms. The fraction of sp³-hybridized carbons (Fsp3) is 0.684. The molecule has 2 atom stereocenters. The van der Waals surface area contributed by atoms with Crippen LogP contribution in [0.2, 0.25) is 0 Å². The first-order chi connectivity index (χ1) is 12.3. The van der Waals surface area contributed by atoms with E-state index in [1.807, 2.05) is 12.4 Å². The van der Waals surface area contributed by atoms with Gasteiger partial charge in [0.25, 0.3) is 0 Å². The summed E-state index contributed by atoms with van der Waals surface area (Å²) in [4.78, 5) is 10.1. The molecule has 2 aromatic rings. The molecule has 0 saturated carbocycles. The van der Waals surface area contributed by atoms with Gasteiger partial charge in [-0.05, 0) is 51.8 Å². The lowest BCUT2D eigenvalue weighted by atomic mass is 9.89. The Balaban J connectivity index is 1.38. The van der Waals surface area contributed by atoms with Crippen molar-refractivity contribution in [3.63, 3.8) is 0 Å². The lowest BCUT2D eigenvalue weighted by molar-refractivity contribution is -0.0453. The van der Waals surface area contributed by atoms with Crippen LogP contribution in [0.5, 0.6) is 0 Å². The number of hydrogen-bond donors (Lipinski definition) is 1. The predicted molar refractivity (Wildman–Crippen MR) is 96.3 cm³/mol. The van der Waals surface area contributed by atoms with E-state index in [4.69, 9.17) is 4.74 Å². The van der Waals surface area contributed by atoms with Crippen molar-refractivity contribution < 1.29 is 4.74 Å². The number of aryl methyl sites for hydroxylation is 1. The molecule has 0 aromatic carbocycles. The largest absolute Gasteiger partial charge is 0.372 e. The normalized spacial score (nSPS) is 26.1. The predicted octanol–water partition coefficient (Wildman–Crippen LogP) is 2.97. The minimum Gasteiger partial charge on any atom is -0.372 e. The summed E-state index contributed by atoms with van der Waals surface area (Å²) in [6.07, 6.45) is 10.7. The Labute approximate surface area is 149 Å². The zero-order valence-electron chi connectivity index (χ0n) is 15.1. The molecule has 0 radical (unpaired) electrons. The molecule has 0 unspecified atom stereocenters. The molecule has 2 aliphatic rings. The highest BCUT2D eigenvalue weighted by Gasteiger charge is 2.32.